The summed E-state index contributed by atoms with van der Waals surface area (Å²) in [6, 6.07) is 6.81. The van der Waals surface area contributed by atoms with E-state index >= 15 is 0 Å². The van der Waals surface area contributed by atoms with Gasteiger partial charge in [0.2, 0.25) is 11.6 Å². The molecule has 0 radical (unpaired) electrons. The number of benzene rings is 1. The van der Waals surface area contributed by atoms with Crippen LogP contribution in [0.1, 0.15) is 17.9 Å². The summed E-state index contributed by atoms with van der Waals surface area (Å²) < 4.78 is 0. The molecule has 0 spiro atoms. The Balaban J connectivity index is 2.22. The van der Waals surface area contributed by atoms with E-state index in [1.807, 2.05) is 0 Å². The Morgan fingerprint density at radius 1 is 0.905 bits per heavy atom. The predicted octanol–water partition coefficient (Wildman–Crippen LogP) is 4.62. The molecule has 3 aliphatic carbocycles. The summed E-state index contributed by atoms with van der Waals surface area (Å²) in [4.78, 5) is 21.2. The number of ketones is 2. The van der Waals surface area contributed by atoms with Gasteiger partial charge in [0.25, 0.3) is 0 Å². The maximum atomic E-state index is 12.4. The number of alkyl halides is 2. The predicted molar refractivity (Wildman–Crippen MR) is 84.7 cm³/mol. The van der Waals surface area contributed by atoms with E-state index in [1.165, 1.54) is 0 Å². The number of rotatable bonds is 1. The molecule has 0 N–H and O–H groups in total. The smallest absolute Gasteiger partial charge is 0.227 e. The summed E-state index contributed by atoms with van der Waals surface area (Å²) in [6.45, 7) is 0. The highest BCUT2D eigenvalue weighted by atomic mass is 35.5. The third kappa shape index (κ3) is 1.93. The van der Waals surface area contributed by atoms with E-state index in [-0.39, 0.29) is 16.5 Å². The highest BCUT2D eigenvalue weighted by Crippen LogP contribution is 2.61. The van der Waals surface area contributed by atoms with E-state index in [1.54, 1.807) is 24.3 Å². The van der Waals surface area contributed by atoms with Crippen LogP contribution >= 0.6 is 58.0 Å². The second-order valence-electron chi connectivity index (χ2n) is 5.11. The number of fused-ring (bicyclic) bond motifs is 2. The molecule has 0 saturated heterocycles. The fourth-order valence-electron chi connectivity index (χ4n) is 2.84. The largest absolute Gasteiger partial charge is 0.288 e. The average molecular weight is 384 g/mol. The van der Waals surface area contributed by atoms with Crippen molar-refractivity contribution in [2.75, 3.05) is 0 Å². The van der Waals surface area contributed by atoms with Crippen LogP contribution in [0, 0.1) is 0 Å². The fourth-order valence-corrected chi connectivity index (χ4v) is 4.47. The van der Waals surface area contributed by atoms with Gasteiger partial charge >= 0.3 is 0 Å². The van der Waals surface area contributed by atoms with Gasteiger partial charge in [0.05, 0.1) is 10.1 Å². The van der Waals surface area contributed by atoms with Crippen LogP contribution in [0.5, 0.6) is 0 Å². The molecule has 3 atom stereocenters. The Labute approximate surface area is 145 Å². The topological polar surface area (TPSA) is 34.1 Å². The molecular weight excluding hydrogens is 377 g/mol. The van der Waals surface area contributed by atoms with Gasteiger partial charge in [0, 0.05) is 10.9 Å². The van der Waals surface area contributed by atoms with Gasteiger partial charge in [-0.2, -0.15) is 0 Å². The van der Waals surface area contributed by atoms with E-state index in [0.717, 1.165) is 5.56 Å². The molecule has 21 heavy (non-hydrogen) atoms. The molecule has 110 valence electrons. The first-order chi connectivity index (χ1) is 9.72. The molecular formula is C14H7Cl5O2. The van der Waals surface area contributed by atoms with Crippen molar-refractivity contribution < 1.29 is 9.59 Å². The van der Waals surface area contributed by atoms with Gasteiger partial charge in [-0.15, -0.1) is 23.2 Å². The normalized spacial score (nSPS) is 35.6. The quantitative estimate of drug-likeness (QED) is 0.523. The summed E-state index contributed by atoms with van der Waals surface area (Å²) in [5.41, 5.74) is 0.725. The van der Waals surface area contributed by atoms with Crippen LogP contribution in [-0.4, -0.2) is 21.3 Å². The van der Waals surface area contributed by atoms with E-state index in [9.17, 15) is 9.59 Å². The first kappa shape index (κ1) is 15.6. The SMILES string of the molecule is O=C1C(=O)[C@@]2(Cl)C(Cl)=C(Cl)[C@]1(Cl)C[C@@H]2c1ccc(Cl)cc1. The maximum absolute atomic E-state index is 12.4. The molecule has 0 unspecified atom stereocenters. The highest BCUT2D eigenvalue weighted by Gasteiger charge is 2.67. The van der Waals surface area contributed by atoms with Crippen LogP contribution in [0.3, 0.4) is 0 Å². The molecule has 1 aromatic rings. The first-order valence-electron chi connectivity index (χ1n) is 6.01. The van der Waals surface area contributed by atoms with Crippen LogP contribution in [0.15, 0.2) is 34.3 Å². The molecule has 7 heteroatoms. The Bertz CT molecular complexity index is 696. The molecule has 0 aromatic heterocycles. The third-order valence-electron chi connectivity index (χ3n) is 3.99. The fraction of sp³-hybridized carbons (Fsp3) is 0.286. The third-order valence-corrected chi connectivity index (χ3v) is 6.67. The molecule has 0 amide bonds. The van der Waals surface area contributed by atoms with Gasteiger partial charge in [0.15, 0.2) is 4.87 Å². The van der Waals surface area contributed by atoms with Crippen molar-refractivity contribution in [1.82, 2.24) is 0 Å². The zero-order valence-electron chi connectivity index (χ0n) is 10.3. The zero-order chi connectivity index (χ0) is 15.6. The second-order valence-corrected chi connectivity index (χ2v) is 7.54. The van der Waals surface area contributed by atoms with Gasteiger partial charge in [-0.05, 0) is 24.1 Å². The lowest BCUT2D eigenvalue weighted by atomic mass is 9.64. The maximum Gasteiger partial charge on any atom is 0.227 e. The lowest BCUT2D eigenvalue weighted by molar-refractivity contribution is -0.141. The van der Waals surface area contributed by atoms with E-state index < -0.39 is 27.2 Å². The summed E-state index contributed by atoms with van der Waals surface area (Å²) in [6.07, 6.45) is 0.110. The van der Waals surface area contributed by atoms with Crippen molar-refractivity contribution in [2.45, 2.75) is 22.1 Å². The minimum absolute atomic E-state index is 0.0596. The molecule has 0 aliphatic heterocycles. The van der Waals surface area contributed by atoms with E-state index in [4.69, 9.17) is 58.0 Å². The van der Waals surface area contributed by atoms with Crippen LogP contribution < -0.4 is 0 Å². The van der Waals surface area contributed by atoms with Crippen molar-refractivity contribution >= 4 is 69.6 Å². The highest BCUT2D eigenvalue weighted by molar-refractivity contribution is 6.70. The number of Topliss-reactive ketones (excluding diaryl/α,β-unsaturated/α-hetero) is 2. The number of allylic oxidation sites excluding steroid dienone is 2. The Morgan fingerprint density at radius 3 is 2.05 bits per heavy atom. The lowest BCUT2D eigenvalue weighted by Gasteiger charge is -2.48. The van der Waals surface area contributed by atoms with Crippen molar-refractivity contribution in [3.63, 3.8) is 0 Å². The minimum Gasteiger partial charge on any atom is -0.288 e. The number of hydrogen-bond acceptors (Lipinski definition) is 2. The Kier molecular flexibility index (Phi) is 3.63. The number of carbonyl (C=O) groups is 2. The van der Waals surface area contributed by atoms with E-state index in [0.29, 0.717) is 5.02 Å². The molecule has 4 rings (SSSR count). The van der Waals surface area contributed by atoms with Crippen LogP contribution in [0.4, 0.5) is 0 Å². The molecule has 1 fully saturated rings. The molecule has 1 aromatic carbocycles. The lowest BCUT2D eigenvalue weighted by Crippen LogP contribution is -2.62. The molecule has 0 heterocycles. The Morgan fingerprint density at radius 2 is 1.48 bits per heavy atom. The van der Waals surface area contributed by atoms with Gasteiger partial charge < -0.3 is 0 Å². The molecule has 2 bridgehead atoms. The minimum atomic E-state index is -1.69. The Hall–Kier alpha value is -0.250. The van der Waals surface area contributed by atoms with Crippen LogP contribution in [0.25, 0.3) is 0 Å². The van der Waals surface area contributed by atoms with Crippen molar-refractivity contribution in [2.24, 2.45) is 0 Å². The van der Waals surface area contributed by atoms with Gasteiger partial charge in [-0.1, -0.05) is 46.9 Å². The van der Waals surface area contributed by atoms with Crippen molar-refractivity contribution in [1.29, 1.82) is 0 Å². The first-order valence-corrected chi connectivity index (χ1v) is 7.90. The zero-order valence-corrected chi connectivity index (χ0v) is 14.1. The van der Waals surface area contributed by atoms with Gasteiger partial charge in [0.1, 0.15) is 4.87 Å². The summed E-state index contributed by atoms with van der Waals surface area (Å²) in [5.74, 6) is -2.17. The monoisotopic (exact) mass is 382 g/mol. The van der Waals surface area contributed by atoms with Crippen LogP contribution in [0.2, 0.25) is 5.02 Å². The molecule has 2 nitrogen and oxygen atoms in total. The van der Waals surface area contributed by atoms with Crippen molar-refractivity contribution in [3.05, 3.63) is 44.9 Å². The standard InChI is InChI=1S/C14H7Cl5O2/c15-7-3-1-6(2-4-7)8-5-13(18)9(16)10(17)14(8,19)12(21)11(13)20/h1-4,8H,5H2/t8-,13-,14+/m1/s1. The number of hydrogen-bond donors (Lipinski definition) is 0. The number of halogens is 5. The van der Waals surface area contributed by atoms with Gasteiger partial charge in [-0.25, -0.2) is 0 Å². The van der Waals surface area contributed by atoms with Crippen molar-refractivity contribution in [3.8, 4) is 0 Å². The summed E-state index contributed by atoms with van der Waals surface area (Å²) in [7, 11) is 0. The average Bonchev–Trinajstić information content (AvgIpc) is 2.47. The molecule has 1 saturated carbocycles. The van der Waals surface area contributed by atoms with Crippen LogP contribution in [-0.2, 0) is 9.59 Å². The van der Waals surface area contributed by atoms with E-state index in [2.05, 4.69) is 0 Å². The van der Waals surface area contributed by atoms with Gasteiger partial charge in [-0.3, -0.25) is 9.59 Å². The summed E-state index contributed by atoms with van der Waals surface area (Å²) >= 11 is 30.8. The number of carbonyl (C=O) groups excluding carboxylic acids is 2. The summed E-state index contributed by atoms with van der Waals surface area (Å²) in [5, 5.41) is 0.415. The molecule has 3 aliphatic rings. The second kappa shape index (κ2) is 4.87.